The highest BCUT2D eigenvalue weighted by molar-refractivity contribution is 8.46. The summed E-state index contributed by atoms with van der Waals surface area (Å²) in [5.74, 6) is 0.0517. The average Bonchev–Trinajstić information content (AvgIpc) is 3.68. The first-order valence-corrected chi connectivity index (χ1v) is 18.1. The summed E-state index contributed by atoms with van der Waals surface area (Å²) in [4.78, 5) is 32.3. The van der Waals surface area contributed by atoms with Crippen LogP contribution < -0.4 is 17.1 Å². The number of aromatic nitrogens is 7. The zero-order valence-electron chi connectivity index (χ0n) is 21.4. The number of rotatable bonds is 2. The first-order valence-electron chi connectivity index (χ1n) is 12.5. The second kappa shape index (κ2) is 10.2. The summed E-state index contributed by atoms with van der Waals surface area (Å²) in [5, 5.41) is 11.3. The molecule has 2 aliphatic heterocycles. The van der Waals surface area contributed by atoms with Crippen molar-refractivity contribution in [1.29, 1.82) is 0 Å². The summed E-state index contributed by atoms with van der Waals surface area (Å²) in [5.41, 5.74) is 9.16. The van der Waals surface area contributed by atoms with Crippen molar-refractivity contribution in [3.63, 3.8) is 0 Å². The molecule has 2 bridgehead atoms. The van der Waals surface area contributed by atoms with E-state index in [1.165, 1.54) is 21.8 Å². The van der Waals surface area contributed by atoms with E-state index in [4.69, 9.17) is 34.2 Å². The molecule has 4 aromatic rings. The lowest BCUT2D eigenvalue weighted by Crippen LogP contribution is -2.35. The number of halogens is 1. The molecular weight excluding hydrogens is 655 g/mol. The molecule has 230 valence electrons. The Labute approximate surface area is 249 Å². The number of fused-ring (bicyclic) bond motifs is 5. The molecular formula is C20H22FN9O9P2S2. The minimum atomic E-state index is -4.32. The normalized spacial score (nSPS) is 38.3. The summed E-state index contributed by atoms with van der Waals surface area (Å²) in [7, 11) is 0. The lowest BCUT2D eigenvalue weighted by atomic mass is 10.2. The maximum Gasteiger partial charge on any atom is 0.386 e. The number of nitrogens with zero attached hydrogens (tertiary/aromatic N) is 7. The van der Waals surface area contributed by atoms with Gasteiger partial charge in [-0.1, -0.05) is 24.5 Å². The van der Waals surface area contributed by atoms with Gasteiger partial charge in [0.2, 0.25) is 0 Å². The fraction of sp³-hybridized carbons (Fsp3) is 0.500. The molecule has 6 heterocycles. The predicted molar refractivity (Wildman–Crippen MR) is 151 cm³/mol. The van der Waals surface area contributed by atoms with Crippen molar-refractivity contribution in [2.24, 2.45) is 0 Å². The van der Waals surface area contributed by atoms with Crippen molar-refractivity contribution in [2.75, 3.05) is 18.1 Å². The Morgan fingerprint density at radius 2 is 1.77 bits per heavy atom. The molecule has 5 N–H and O–H groups in total. The monoisotopic (exact) mass is 677 g/mol. The van der Waals surface area contributed by atoms with Crippen LogP contribution in [0.4, 0.5) is 16.2 Å². The molecule has 1 aliphatic carbocycles. The SMILES string of the molecule is Nc1nc2c(ncn2[C@@H]2C[C@@H]3OP(=O)(S)[C@H]4[C@@H](F)[C@H](n5cnc6c(N)ncnc65)O[C@@H]4COP(=O)(S)O[C@@H]2[C@@H]3O)c(=O)o1. The van der Waals surface area contributed by atoms with E-state index < -0.39 is 80.1 Å². The number of imidazole rings is 2. The van der Waals surface area contributed by atoms with E-state index in [-0.39, 0.29) is 34.6 Å². The second-order valence-corrected chi connectivity index (χ2v) is 16.6. The van der Waals surface area contributed by atoms with Crippen molar-refractivity contribution in [3.8, 4) is 0 Å². The number of thiol groups is 2. The number of nitrogen functional groups attached to an aromatic ring is 2. The van der Waals surface area contributed by atoms with Gasteiger partial charge in [0, 0.05) is 6.42 Å². The van der Waals surface area contributed by atoms with Crippen LogP contribution in [0.1, 0.15) is 18.7 Å². The van der Waals surface area contributed by atoms with E-state index in [1.54, 1.807) is 0 Å². The van der Waals surface area contributed by atoms with Crippen LogP contribution in [0.15, 0.2) is 28.2 Å². The van der Waals surface area contributed by atoms with Crippen LogP contribution in [-0.4, -0.2) is 82.0 Å². The molecule has 23 heteroatoms. The Hall–Kier alpha value is -2.61. The van der Waals surface area contributed by atoms with Gasteiger partial charge in [0.1, 0.15) is 29.7 Å². The third kappa shape index (κ3) is 4.77. The number of hydrogen-bond acceptors (Lipinski definition) is 16. The van der Waals surface area contributed by atoms with E-state index in [1.807, 2.05) is 0 Å². The molecule has 18 nitrogen and oxygen atoms in total. The topological polar surface area (TPSA) is 248 Å². The van der Waals surface area contributed by atoms with Gasteiger partial charge in [-0.05, 0) is 0 Å². The van der Waals surface area contributed by atoms with Gasteiger partial charge in [0.05, 0.1) is 37.5 Å². The Kier molecular flexibility index (Phi) is 6.92. The van der Waals surface area contributed by atoms with Gasteiger partial charge in [-0.2, -0.15) is 4.98 Å². The first kappa shape index (κ1) is 29.1. The largest absolute Gasteiger partial charge is 0.388 e. The summed E-state index contributed by atoms with van der Waals surface area (Å²) in [6.45, 7) is -9.24. The number of aliphatic hydroxyl groups excluding tert-OH is 1. The lowest BCUT2D eigenvalue weighted by Gasteiger charge is -2.28. The third-order valence-electron chi connectivity index (χ3n) is 7.58. The highest BCUT2D eigenvalue weighted by Gasteiger charge is 2.59. The van der Waals surface area contributed by atoms with Gasteiger partial charge < -0.3 is 34.8 Å². The molecule has 1 saturated carbocycles. The highest BCUT2D eigenvalue weighted by atomic mass is 32.7. The van der Waals surface area contributed by atoms with Crippen LogP contribution in [0.25, 0.3) is 22.3 Å². The Balaban J connectivity index is 1.26. The quantitative estimate of drug-likeness (QED) is 0.148. The minimum absolute atomic E-state index is 0.0239. The molecule has 10 atom stereocenters. The molecule has 7 rings (SSSR count). The highest BCUT2D eigenvalue weighted by Crippen LogP contribution is 2.67. The molecule has 43 heavy (non-hydrogen) atoms. The molecule has 0 radical (unpaired) electrons. The van der Waals surface area contributed by atoms with E-state index in [2.05, 4.69) is 49.4 Å². The van der Waals surface area contributed by atoms with Crippen molar-refractivity contribution >= 4 is 72.0 Å². The molecule has 2 saturated heterocycles. The van der Waals surface area contributed by atoms with Crippen molar-refractivity contribution in [3.05, 3.63) is 29.4 Å². The molecule has 4 aromatic heterocycles. The van der Waals surface area contributed by atoms with Crippen molar-refractivity contribution in [1.82, 2.24) is 34.1 Å². The summed E-state index contributed by atoms with van der Waals surface area (Å²) in [6.07, 6.45) is -5.61. The smallest absolute Gasteiger partial charge is 0.386 e. The number of hydrogen-bond donors (Lipinski definition) is 5. The van der Waals surface area contributed by atoms with Gasteiger partial charge in [-0.3, -0.25) is 18.2 Å². The van der Waals surface area contributed by atoms with Crippen LogP contribution >= 0.6 is 37.9 Å². The summed E-state index contributed by atoms with van der Waals surface area (Å²) < 4.78 is 74.1. The van der Waals surface area contributed by atoms with Crippen LogP contribution in [-0.2, 0) is 27.4 Å². The fourth-order valence-corrected chi connectivity index (χ4v) is 10.2. The maximum atomic E-state index is 16.3. The second-order valence-electron chi connectivity index (χ2n) is 10.1. The summed E-state index contributed by atoms with van der Waals surface area (Å²) >= 11 is 8.32. The van der Waals surface area contributed by atoms with Crippen LogP contribution in [0.5, 0.6) is 0 Å². The standard InChI is InChI=1S/C20H22FN9O9P2S2/c21-9-14-8(36-18(9)30-5-26-10-15(22)24-3-25-16(10)30)2-35-41(34,43)39-13-6(1-7(12(13)31)38-40(14,33)42)29-4-27-11-17(29)28-20(23)37-19(11)32/h3-9,12-14,18,31H,1-2H2,(H2,23,28)(H,33,42)(H,34,43)(H2,22,24,25)/t6-,7+,8-,9-,12-,13+,14-,18-,40?,41?/m1/s1. The third-order valence-corrected chi connectivity index (χ3v) is 12.2. The number of anilines is 2. The minimum Gasteiger partial charge on any atom is -0.388 e. The van der Waals surface area contributed by atoms with E-state index in [0.717, 1.165) is 6.33 Å². The van der Waals surface area contributed by atoms with Crippen molar-refractivity contribution in [2.45, 2.75) is 54.9 Å². The van der Waals surface area contributed by atoms with Crippen LogP contribution in [0.2, 0.25) is 0 Å². The van der Waals surface area contributed by atoms with Gasteiger partial charge in [-0.25, -0.2) is 33.7 Å². The van der Waals surface area contributed by atoms with E-state index in [0.29, 0.717) is 0 Å². The van der Waals surface area contributed by atoms with Gasteiger partial charge in [-0.15, -0.1) is 0 Å². The van der Waals surface area contributed by atoms with Crippen LogP contribution in [0.3, 0.4) is 0 Å². The van der Waals surface area contributed by atoms with Gasteiger partial charge in [0.25, 0.3) is 12.6 Å². The molecule has 3 aliphatic rings. The number of ether oxygens (including phenoxy) is 1. The summed E-state index contributed by atoms with van der Waals surface area (Å²) in [6, 6.07) is -1.42. The lowest BCUT2D eigenvalue weighted by molar-refractivity contribution is -0.0358. The Morgan fingerprint density at radius 3 is 2.56 bits per heavy atom. The molecule has 0 spiro atoms. The number of alkyl halides is 1. The fourth-order valence-electron chi connectivity index (χ4n) is 5.71. The van der Waals surface area contributed by atoms with Crippen LogP contribution in [0, 0.1) is 0 Å². The zero-order valence-corrected chi connectivity index (χ0v) is 25.0. The Morgan fingerprint density at radius 1 is 1.02 bits per heavy atom. The van der Waals surface area contributed by atoms with E-state index in [9.17, 15) is 19.0 Å². The van der Waals surface area contributed by atoms with E-state index >= 15 is 4.39 Å². The molecule has 0 aromatic carbocycles. The number of nitrogens with two attached hydrogens (primary N) is 2. The Bertz CT molecular complexity index is 1910. The maximum absolute atomic E-state index is 16.3. The predicted octanol–water partition coefficient (Wildman–Crippen LogP) is 1.26. The number of aliphatic hydroxyl groups is 1. The molecule has 0 amide bonds. The average molecular weight is 678 g/mol. The molecule has 3 fully saturated rings. The van der Waals surface area contributed by atoms with Gasteiger partial charge >= 0.3 is 12.4 Å². The zero-order chi connectivity index (χ0) is 30.4. The van der Waals surface area contributed by atoms with Crippen molar-refractivity contribution < 1.29 is 41.4 Å². The first-order chi connectivity index (χ1) is 20.3. The molecule has 2 unspecified atom stereocenters. The van der Waals surface area contributed by atoms with Gasteiger partial charge in [0.15, 0.2) is 35.0 Å².